The fourth-order valence-corrected chi connectivity index (χ4v) is 3.32. The van der Waals surface area contributed by atoms with E-state index < -0.39 is 45.8 Å². The summed E-state index contributed by atoms with van der Waals surface area (Å²) in [4.78, 5) is 12.3. The molecule has 0 aliphatic carbocycles. The molecule has 1 amide bonds. The zero-order valence-corrected chi connectivity index (χ0v) is 15.9. The van der Waals surface area contributed by atoms with Crippen LogP contribution >= 0.6 is 0 Å². The summed E-state index contributed by atoms with van der Waals surface area (Å²) >= 11 is 0. The fraction of sp³-hybridized carbons (Fsp3) is 0.278. The van der Waals surface area contributed by atoms with Crippen molar-refractivity contribution in [1.82, 2.24) is 5.32 Å². The minimum Gasteiger partial charge on any atom is -0.497 e. The molecule has 9 heteroatoms. The van der Waals surface area contributed by atoms with E-state index in [-0.39, 0.29) is 0 Å². The zero-order chi connectivity index (χ0) is 20.2. The summed E-state index contributed by atoms with van der Waals surface area (Å²) in [5, 5.41) is 2.65. The third kappa shape index (κ3) is 5.40. The van der Waals surface area contributed by atoms with Crippen molar-refractivity contribution in [3.05, 3.63) is 59.7 Å². The van der Waals surface area contributed by atoms with E-state index in [0.29, 0.717) is 16.1 Å². The van der Waals surface area contributed by atoms with E-state index in [1.807, 2.05) is 0 Å². The van der Waals surface area contributed by atoms with Gasteiger partial charge in [0.15, 0.2) is 0 Å². The highest BCUT2D eigenvalue weighted by atomic mass is 32.2. The van der Waals surface area contributed by atoms with Crippen LogP contribution < -0.4 is 14.4 Å². The molecule has 0 radical (unpaired) electrons. The number of rotatable bonds is 7. The molecule has 0 spiro atoms. The molecule has 0 aromatic heterocycles. The molecular formula is C18H20F2N2O4S. The number of sulfonamides is 1. The Bertz CT molecular complexity index is 917. The number of hydrogen-bond acceptors (Lipinski definition) is 4. The monoisotopic (exact) mass is 398 g/mol. The molecule has 0 saturated carbocycles. The van der Waals surface area contributed by atoms with Gasteiger partial charge in [0, 0.05) is 6.07 Å². The molecule has 0 unspecified atom stereocenters. The lowest BCUT2D eigenvalue weighted by atomic mass is 10.1. The standard InChI is InChI=1S/C18H20F2N2O4S/c1-12(13-4-7-15(26-2)8-5-13)21-18(23)11-22(27(3,24)25)17-9-6-14(19)10-16(17)20/h4-10,12H,11H2,1-3H3,(H,21,23)/t12-/m1/s1. The Hall–Kier alpha value is -2.68. The molecule has 6 nitrogen and oxygen atoms in total. The van der Waals surface area contributed by atoms with Crippen molar-refractivity contribution in [3.63, 3.8) is 0 Å². The van der Waals surface area contributed by atoms with E-state index in [0.717, 1.165) is 24.0 Å². The van der Waals surface area contributed by atoms with Gasteiger partial charge in [0.25, 0.3) is 0 Å². The molecular weight excluding hydrogens is 378 g/mol. The van der Waals surface area contributed by atoms with Crippen LogP contribution in [0.2, 0.25) is 0 Å². The van der Waals surface area contributed by atoms with Crippen LogP contribution in [0.5, 0.6) is 5.75 Å². The summed E-state index contributed by atoms with van der Waals surface area (Å²) in [6, 6.07) is 9.04. The molecule has 0 fully saturated rings. The topological polar surface area (TPSA) is 75.7 Å². The summed E-state index contributed by atoms with van der Waals surface area (Å²) in [5.41, 5.74) is 0.383. The van der Waals surface area contributed by atoms with Gasteiger partial charge in [-0.1, -0.05) is 12.1 Å². The predicted octanol–water partition coefficient (Wildman–Crippen LogP) is 2.62. The zero-order valence-electron chi connectivity index (χ0n) is 15.1. The van der Waals surface area contributed by atoms with Crippen molar-refractivity contribution in [1.29, 1.82) is 0 Å². The summed E-state index contributed by atoms with van der Waals surface area (Å²) in [6.07, 6.45) is 0.843. The second-order valence-corrected chi connectivity index (χ2v) is 7.83. The quantitative estimate of drug-likeness (QED) is 0.778. The number of nitrogens with one attached hydrogen (secondary N) is 1. The average Bonchev–Trinajstić information content (AvgIpc) is 2.59. The number of carbonyl (C=O) groups is 1. The minimum absolute atomic E-state index is 0.397. The molecule has 0 saturated heterocycles. The molecule has 146 valence electrons. The highest BCUT2D eigenvalue weighted by Gasteiger charge is 2.24. The van der Waals surface area contributed by atoms with Crippen LogP contribution in [0.3, 0.4) is 0 Å². The largest absolute Gasteiger partial charge is 0.497 e. The first-order valence-electron chi connectivity index (χ1n) is 7.98. The van der Waals surface area contributed by atoms with Gasteiger partial charge in [-0.3, -0.25) is 9.10 Å². The maximum atomic E-state index is 14.0. The lowest BCUT2D eigenvalue weighted by Gasteiger charge is -2.23. The van der Waals surface area contributed by atoms with E-state index in [9.17, 15) is 22.0 Å². The van der Waals surface area contributed by atoms with Crippen LogP contribution in [0.1, 0.15) is 18.5 Å². The Morgan fingerprint density at radius 2 is 1.81 bits per heavy atom. The molecule has 1 atom stereocenters. The third-order valence-electron chi connectivity index (χ3n) is 3.86. The fourth-order valence-electron chi connectivity index (χ4n) is 2.46. The van der Waals surface area contributed by atoms with E-state index in [1.165, 1.54) is 7.11 Å². The minimum atomic E-state index is -3.96. The van der Waals surface area contributed by atoms with Gasteiger partial charge in [0.1, 0.15) is 23.9 Å². The van der Waals surface area contributed by atoms with Crippen LogP contribution in [0.4, 0.5) is 14.5 Å². The lowest BCUT2D eigenvalue weighted by molar-refractivity contribution is -0.120. The van der Waals surface area contributed by atoms with Gasteiger partial charge in [0.05, 0.1) is 25.1 Å². The van der Waals surface area contributed by atoms with Gasteiger partial charge >= 0.3 is 0 Å². The van der Waals surface area contributed by atoms with Gasteiger partial charge in [-0.15, -0.1) is 0 Å². The number of amides is 1. The van der Waals surface area contributed by atoms with Crippen LogP contribution in [0.15, 0.2) is 42.5 Å². The van der Waals surface area contributed by atoms with Crippen LogP contribution in [-0.4, -0.2) is 34.2 Å². The summed E-state index contributed by atoms with van der Waals surface area (Å²) in [7, 11) is -2.43. The van der Waals surface area contributed by atoms with Crippen molar-refractivity contribution >= 4 is 21.6 Å². The molecule has 2 rings (SSSR count). The lowest BCUT2D eigenvalue weighted by Crippen LogP contribution is -2.41. The van der Waals surface area contributed by atoms with Crippen molar-refractivity contribution in [3.8, 4) is 5.75 Å². The maximum Gasteiger partial charge on any atom is 0.241 e. The van der Waals surface area contributed by atoms with Crippen molar-refractivity contribution < 1.29 is 26.7 Å². The third-order valence-corrected chi connectivity index (χ3v) is 4.99. The number of benzene rings is 2. The van der Waals surface area contributed by atoms with Gasteiger partial charge in [-0.05, 0) is 36.8 Å². The number of methoxy groups -OCH3 is 1. The predicted molar refractivity (Wildman–Crippen MR) is 98.1 cm³/mol. The van der Waals surface area contributed by atoms with Crippen LogP contribution in [0, 0.1) is 11.6 Å². The molecule has 2 aromatic carbocycles. The molecule has 1 N–H and O–H groups in total. The Kier molecular flexibility index (Phi) is 6.37. The number of halogens is 2. The van der Waals surface area contributed by atoms with Crippen molar-refractivity contribution in [2.75, 3.05) is 24.2 Å². The summed E-state index contributed by atoms with van der Waals surface area (Å²) in [5.74, 6) is -1.89. The maximum absolute atomic E-state index is 14.0. The molecule has 0 aliphatic rings. The van der Waals surface area contributed by atoms with Gasteiger partial charge in [-0.25, -0.2) is 17.2 Å². The van der Waals surface area contributed by atoms with E-state index in [4.69, 9.17) is 4.74 Å². The molecule has 27 heavy (non-hydrogen) atoms. The van der Waals surface area contributed by atoms with E-state index >= 15 is 0 Å². The Labute approximate surface area is 156 Å². The molecule has 2 aromatic rings. The molecule has 0 bridgehead atoms. The van der Waals surface area contributed by atoms with Crippen LogP contribution in [0.25, 0.3) is 0 Å². The number of hydrogen-bond donors (Lipinski definition) is 1. The smallest absolute Gasteiger partial charge is 0.241 e. The second-order valence-electron chi connectivity index (χ2n) is 5.93. The first kappa shape index (κ1) is 20.6. The second kappa shape index (κ2) is 8.34. The number of anilines is 1. The number of nitrogens with zero attached hydrogens (tertiary/aromatic N) is 1. The normalized spacial score (nSPS) is 12.3. The number of carbonyl (C=O) groups excluding carboxylic acids is 1. The Morgan fingerprint density at radius 3 is 2.33 bits per heavy atom. The van der Waals surface area contributed by atoms with Gasteiger partial charge < -0.3 is 10.1 Å². The highest BCUT2D eigenvalue weighted by molar-refractivity contribution is 7.92. The first-order chi connectivity index (χ1) is 12.6. The van der Waals surface area contributed by atoms with Crippen molar-refractivity contribution in [2.45, 2.75) is 13.0 Å². The Balaban J connectivity index is 2.16. The SMILES string of the molecule is COc1ccc([C@@H](C)NC(=O)CN(c2ccc(F)cc2F)S(C)(=O)=O)cc1. The molecule has 0 heterocycles. The summed E-state index contributed by atoms with van der Waals surface area (Å²) in [6.45, 7) is 1.09. The Morgan fingerprint density at radius 1 is 1.19 bits per heavy atom. The van der Waals surface area contributed by atoms with Gasteiger partial charge in [-0.2, -0.15) is 0 Å². The number of ether oxygens (including phenoxy) is 1. The van der Waals surface area contributed by atoms with Gasteiger partial charge in [0.2, 0.25) is 15.9 Å². The average molecular weight is 398 g/mol. The van der Waals surface area contributed by atoms with Crippen LogP contribution in [-0.2, 0) is 14.8 Å². The van der Waals surface area contributed by atoms with E-state index in [1.54, 1.807) is 31.2 Å². The molecule has 0 aliphatic heterocycles. The van der Waals surface area contributed by atoms with E-state index in [2.05, 4.69) is 5.32 Å². The summed E-state index contributed by atoms with van der Waals surface area (Å²) < 4.78 is 56.7. The van der Waals surface area contributed by atoms with Crippen molar-refractivity contribution in [2.24, 2.45) is 0 Å². The first-order valence-corrected chi connectivity index (χ1v) is 9.82. The highest BCUT2D eigenvalue weighted by Crippen LogP contribution is 2.23.